The summed E-state index contributed by atoms with van der Waals surface area (Å²) in [7, 11) is 0. The van der Waals surface area contributed by atoms with Gasteiger partial charge in [-0.15, -0.1) is 0 Å². The smallest absolute Gasteiger partial charge is 0.105 e. The Labute approximate surface area is 159 Å². The molecule has 26 heavy (non-hydrogen) atoms. The van der Waals surface area contributed by atoms with Crippen LogP contribution < -0.4 is 5.32 Å². The first kappa shape index (κ1) is 16.9. The number of nitrogens with zero attached hydrogens (tertiary/aromatic N) is 1. The quantitative estimate of drug-likeness (QED) is 0.612. The molecule has 3 aromatic carbocycles. The number of hydrogen-bond donors (Lipinski definition) is 1. The summed E-state index contributed by atoms with van der Waals surface area (Å²) in [5, 5.41) is 4.44. The molecule has 1 aliphatic heterocycles. The monoisotopic (exact) mass is 360 g/mol. The molecule has 3 unspecified atom stereocenters. The van der Waals surface area contributed by atoms with Crippen LogP contribution in [0, 0.1) is 0 Å². The lowest BCUT2D eigenvalue weighted by Crippen LogP contribution is -2.27. The van der Waals surface area contributed by atoms with Gasteiger partial charge in [-0.1, -0.05) is 91.3 Å². The van der Waals surface area contributed by atoms with Crippen molar-refractivity contribution in [1.82, 2.24) is 5.32 Å². The highest BCUT2D eigenvalue weighted by molar-refractivity contribution is 6.30. The molecule has 130 valence electrons. The molecule has 4 rings (SSSR count). The first-order valence-corrected chi connectivity index (χ1v) is 9.30. The van der Waals surface area contributed by atoms with E-state index in [-0.39, 0.29) is 18.0 Å². The van der Waals surface area contributed by atoms with Crippen molar-refractivity contribution < 1.29 is 0 Å². The van der Waals surface area contributed by atoms with Gasteiger partial charge in [-0.2, -0.15) is 0 Å². The van der Waals surface area contributed by atoms with Gasteiger partial charge in [0.2, 0.25) is 0 Å². The Morgan fingerprint density at radius 1 is 0.808 bits per heavy atom. The lowest BCUT2D eigenvalue weighted by molar-refractivity contribution is 0.571. The summed E-state index contributed by atoms with van der Waals surface area (Å²) >= 11 is 6.04. The number of amidine groups is 1. The zero-order valence-electron chi connectivity index (χ0n) is 14.6. The minimum absolute atomic E-state index is 0.0725. The van der Waals surface area contributed by atoms with Crippen LogP contribution in [-0.4, -0.2) is 5.84 Å². The molecule has 3 atom stereocenters. The second-order valence-electron chi connectivity index (χ2n) is 6.68. The Balaban J connectivity index is 1.69. The van der Waals surface area contributed by atoms with Crippen molar-refractivity contribution in [3.8, 4) is 0 Å². The van der Waals surface area contributed by atoms with E-state index in [1.807, 2.05) is 24.3 Å². The molecule has 0 saturated carbocycles. The summed E-state index contributed by atoms with van der Waals surface area (Å²) < 4.78 is 0. The van der Waals surface area contributed by atoms with Gasteiger partial charge in [0, 0.05) is 10.9 Å². The molecular formula is C23H21ClN2. The average molecular weight is 361 g/mol. The first-order chi connectivity index (χ1) is 12.7. The third-order valence-electron chi connectivity index (χ3n) is 4.98. The van der Waals surface area contributed by atoms with Crippen molar-refractivity contribution in [3.05, 3.63) is 107 Å². The van der Waals surface area contributed by atoms with E-state index < -0.39 is 0 Å². The van der Waals surface area contributed by atoms with Crippen LogP contribution in [0.4, 0.5) is 0 Å². The van der Waals surface area contributed by atoms with Crippen LogP contribution in [0.15, 0.2) is 89.9 Å². The molecule has 1 aliphatic rings. The van der Waals surface area contributed by atoms with E-state index in [9.17, 15) is 0 Å². The molecule has 0 aliphatic carbocycles. The van der Waals surface area contributed by atoms with Crippen molar-refractivity contribution in [2.45, 2.75) is 24.9 Å². The van der Waals surface area contributed by atoms with Crippen LogP contribution in [0.3, 0.4) is 0 Å². The fourth-order valence-electron chi connectivity index (χ4n) is 3.49. The summed E-state index contributed by atoms with van der Waals surface area (Å²) in [6.07, 6.45) is 0. The van der Waals surface area contributed by atoms with E-state index in [4.69, 9.17) is 16.6 Å². The van der Waals surface area contributed by atoms with E-state index in [2.05, 4.69) is 72.9 Å². The predicted octanol–water partition coefficient (Wildman–Crippen LogP) is 5.93. The molecule has 3 aromatic rings. The van der Waals surface area contributed by atoms with Gasteiger partial charge < -0.3 is 5.32 Å². The predicted molar refractivity (Wildman–Crippen MR) is 109 cm³/mol. The lowest BCUT2D eigenvalue weighted by Gasteiger charge is -2.20. The number of halogens is 1. The summed E-state index contributed by atoms with van der Waals surface area (Å²) in [6, 6.07) is 29.3. The Morgan fingerprint density at radius 2 is 1.38 bits per heavy atom. The average Bonchev–Trinajstić information content (AvgIpc) is 3.15. The summed E-state index contributed by atoms with van der Waals surface area (Å²) in [5.41, 5.74) is 3.69. The van der Waals surface area contributed by atoms with Crippen LogP contribution in [0.25, 0.3) is 0 Å². The van der Waals surface area contributed by atoms with Gasteiger partial charge in [-0.25, -0.2) is 0 Å². The highest BCUT2D eigenvalue weighted by Crippen LogP contribution is 2.38. The van der Waals surface area contributed by atoms with Crippen molar-refractivity contribution in [3.63, 3.8) is 0 Å². The minimum atomic E-state index is 0.0725. The normalized spacial score (nSPS) is 20.3. The number of aliphatic imine (C=N–C) groups is 1. The number of benzene rings is 3. The maximum atomic E-state index is 6.04. The number of hydrogen-bond acceptors (Lipinski definition) is 2. The molecule has 0 aromatic heterocycles. The van der Waals surface area contributed by atoms with Crippen molar-refractivity contribution >= 4 is 17.4 Å². The maximum absolute atomic E-state index is 6.04. The summed E-state index contributed by atoms with van der Waals surface area (Å²) in [4.78, 5) is 5.09. The van der Waals surface area contributed by atoms with Gasteiger partial charge in [-0.05, 0) is 28.8 Å². The van der Waals surface area contributed by atoms with Crippen LogP contribution in [0.2, 0.25) is 5.02 Å². The Kier molecular flexibility index (Phi) is 4.77. The first-order valence-electron chi connectivity index (χ1n) is 8.92. The van der Waals surface area contributed by atoms with Crippen molar-refractivity contribution in [1.29, 1.82) is 0 Å². The molecule has 0 radical (unpaired) electrons. The molecular weight excluding hydrogens is 340 g/mol. The fourth-order valence-corrected chi connectivity index (χ4v) is 3.62. The highest BCUT2D eigenvalue weighted by atomic mass is 35.5. The summed E-state index contributed by atoms with van der Waals surface area (Å²) in [6.45, 7) is 2.19. The van der Waals surface area contributed by atoms with Gasteiger partial charge >= 0.3 is 0 Å². The van der Waals surface area contributed by atoms with E-state index in [1.165, 1.54) is 16.7 Å². The van der Waals surface area contributed by atoms with E-state index in [0.717, 1.165) is 10.9 Å². The molecule has 0 bridgehead atoms. The molecule has 0 amide bonds. The van der Waals surface area contributed by atoms with Gasteiger partial charge in [0.25, 0.3) is 0 Å². The lowest BCUT2D eigenvalue weighted by atomic mass is 9.95. The molecule has 0 fully saturated rings. The molecule has 1 heterocycles. The SMILES string of the molecule is CC(C1=NC(c2ccccc2)C(c2ccccc2)N1)c1ccc(Cl)cc1. The van der Waals surface area contributed by atoms with Crippen molar-refractivity contribution in [2.24, 2.45) is 4.99 Å². The second-order valence-corrected chi connectivity index (χ2v) is 7.11. The van der Waals surface area contributed by atoms with E-state index >= 15 is 0 Å². The minimum Gasteiger partial charge on any atom is -0.364 e. The van der Waals surface area contributed by atoms with Gasteiger partial charge in [0.1, 0.15) is 11.9 Å². The highest BCUT2D eigenvalue weighted by Gasteiger charge is 2.33. The molecule has 3 heteroatoms. The summed E-state index contributed by atoms with van der Waals surface area (Å²) in [5.74, 6) is 1.21. The van der Waals surface area contributed by atoms with Gasteiger partial charge in [-0.3, -0.25) is 4.99 Å². The Morgan fingerprint density at radius 3 is 2.00 bits per heavy atom. The third kappa shape index (κ3) is 3.38. The zero-order valence-corrected chi connectivity index (χ0v) is 15.4. The fraction of sp³-hybridized carbons (Fsp3) is 0.174. The largest absolute Gasteiger partial charge is 0.364 e. The molecule has 1 N–H and O–H groups in total. The second kappa shape index (κ2) is 7.35. The topological polar surface area (TPSA) is 24.4 Å². The maximum Gasteiger partial charge on any atom is 0.105 e. The zero-order chi connectivity index (χ0) is 17.9. The molecule has 2 nitrogen and oxygen atoms in total. The molecule has 0 saturated heterocycles. The van der Waals surface area contributed by atoms with E-state index in [0.29, 0.717) is 0 Å². The molecule has 0 spiro atoms. The Bertz CT molecular complexity index is 889. The third-order valence-corrected chi connectivity index (χ3v) is 5.23. The number of nitrogens with one attached hydrogen (secondary N) is 1. The van der Waals surface area contributed by atoms with Crippen LogP contribution in [0.5, 0.6) is 0 Å². The van der Waals surface area contributed by atoms with Gasteiger partial charge in [0.15, 0.2) is 0 Å². The van der Waals surface area contributed by atoms with E-state index in [1.54, 1.807) is 0 Å². The van der Waals surface area contributed by atoms with Gasteiger partial charge in [0.05, 0.1) is 6.04 Å². The number of rotatable bonds is 4. The van der Waals surface area contributed by atoms with Crippen LogP contribution >= 0.6 is 11.6 Å². The van der Waals surface area contributed by atoms with Crippen LogP contribution in [-0.2, 0) is 0 Å². The van der Waals surface area contributed by atoms with Crippen LogP contribution in [0.1, 0.15) is 41.6 Å². The Hall–Kier alpha value is -2.58. The standard InChI is InChI=1S/C23H21ClN2/c1-16(17-12-14-20(24)15-13-17)23-25-21(18-8-4-2-5-9-18)22(26-23)19-10-6-3-7-11-19/h2-16,21-22H,1H3,(H,25,26). The van der Waals surface area contributed by atoms with Crippen molar-refractivity contribution in [2.75, 3.05) is 0 Å².